The number of nitrogens with zero attached hydrogens (tertiary/aromatic N) is 1. The fraction of sp³-hybridized carbons (Fsp3) is 0.500. The Balaban J connectivity index is 0.000000325. The maximum Gasteiger partial charge on any atom is 0.335 e. The number of aryl methyl sites for hydroxylation is 1. The van der Waals surface area contributed by atoms with Crippen molar-refractivity contribution in [3.05, 3.63) is 29.6 Å². The summed E-state index contributed by atoms with van der Waals surface area (Å²) >= 11 is 5.38. The first kappa shape index (κ1) is 14.9. The molecule has 90 valence electrons. The summed E-state index contributed by atoms with van der Waals surface area (Å²) in [5, 5.41) is 8.48. The molecule has 1 heterocycles. The number of pyridine rings is 1. The zero-order valence-corrected chi connectivity index (χ0v) is 10.5. The molecule has 1 aromatic heterocycles. The number of aromatic carboxylic acids is 1. The molecule has 0 aromatic carbocycles. The minimum absolute atomic E-state index is 0.285. The predicted molar refractivity (Wildman–Crippen MR) is 66.2 cm³/mol. The molecule has 16 heavy (non-hydrogen) atoms. The van der Waals surface area contributed by atoms with E-state index in [0.29, 0.717) is 0 Å². The molecule has 0 saturated heterocycles. The maximum atomic E-state index is 10.3. The quantitative estimate of drug-likeness (QED) is 0.650. The molecule has 0 spiro atoms. The van der Waals surface area contributed by atoms with Gasteiger partial charge in [0.1, 0.15) is 0 Å². The molecule has 0 saturated carbocycles. The van der Waals surface area contributed by atoms with Crippen LogP contribution >= 0.6 is 11.6 Å². The molecule has 0 aliphatic carbocycles. The lowest BCUT2D eigenvalue weighted by atomic mass is 10.2. The van der Waals surface area contributed by atoms with E-state index in [4.69, 9.17) is 16.7 Å². The van der Waals surface area contributed by atoms with Crippen molar-refractivity contribution in [3.63, 3.8) is 0 Å². The van der Waals surface area contributed by atoms with Crippen molar-refractivity contribution in [1.29, 1.82) is 0 Å². The second-order valence-corrected chi connectivity index (χ2v) is 3.77. The zero-order chi connectivity index (χ0) is 12.4. The highest BCUT2D eigenvalue weighted by Crippen LogP contribution is 1.99. The van der Waals surface area contributed by atoms with Gasteiger partial charge in [-0.1, -0.05) is 19.8 Å². The number of carboxylic acids is 1. The summed E-state index contributed by atoms with van der Waals surface area (Å²) in [6.45, 7) is 3.93. The second kappa shape index (κ2) is 9.16. The van der Waals surface area contributed by atoms with Gasteiger partial charge in [0.05, 0.1) is 5.56 Å². The number of alkyl halides is 1. The first-order valence-electron chi connectivity index (χ1n) is 5.33. The molecule has 0 aliphatic heterocycles. The molecule has 0 aliphatic rings. The molecule has 0 amide bonds. The average molecular weight is 244 g/mol. The van der Waals surface area contributed by atoms with Crippen LogP contribution in [-0.2, 0) is 0 Å². The van der Waals surface area contributed by atoms with Crippen molar-refractivity contribution >= 4 is 17.6 Å². The molecule has 0 radical (unpaired) electrons. The van der Waals surface area contributed by atoms with Gasteiger partial charge in [-0.2, -0.15) is 0 Å². The fourth-order valence-corrected chi connectivity index (χ4v) is 1.21. The average Bonchev–Trinajstić information content (AvgIpc) is 2.27. The van der Waals surface area contributed by atoms with Crippen LogP contribution in [-0.4, -0.2) is 21.9 Å². The molecule has 1 rings (SSSR count). The lowest BCUT2D eigenvalue weighted by Crippen LogP contribution is -1.96. The first-order valence-corrected chi connectivity index (χ1v) is 5.87. The van der Waals surface area contributed by atoms with Crippen molar-refractivity contribution in [2.24, 2.45) is 0 Å². The summed E-state index contributed by atoms with van der Waals surface area (Å²) in [5.41, 5.74) is 1.01. The SMILES string of the molecule is CCCCCCl.Cc1cc(C(=O)O)ccn1. The van der Waals surface area contributed by atoms with Crippen LogP contribution in [0.5, 0.6) is 0 Å². The highest BCUT2D eigenvalue weighted by molar-refractivity contribution is 6.17. The molecule has 0 atom stereocenters. The van der Waals surface area contributed by atoms with Gasteiger partial charge in [0.2, 0.25) is 0 Å². The van der Waals surface area contributed by atoms with Gasteiger partial charge in [0, 0.05) is 17.8 Å². The van der Waals surface area contributed by atoms with E-state index in [9.17, 15) is 4.79 Å². The van der Waals surface area contributed by atoms with Crippen LogP contribution < -0.4 is 0 Å². The van der Waals surface area contributed by atoms with Crippen LogP contribution in [0, 0.1) is 6.92 Å². The molecule has 0 unspecified atom stereocenters. The summed E-state index contributed by atoms with van der Waals surface area (Å²) in [5.74, 6) is -0.0844. The standard InChI is InChI=1S/C7H7NO2.C5H11Cl/c1-5-4-6(7(9)10)2-3-8-5;1-2-3-4-5-6/h2-4H,1H3,(H,9,10);2-5H2,1H3. The minimum atomic E-state index is -0.912. The molecule has 1 aromatic rings. The topological polar surface area (TPSA) is 50.2 Å². The summed E-state index contributed by atoms with van der Waals surface area (Å²) in [4.78, 5) is 14.2. The number of halogens is 1. The Hall–Kier alpha value is -1.09. The van der Waals surface area contributed by atoms with E-state index in [1.54, 1.807) is 6.92 Å². The second-order valence-electron chi connectivity index (χ2n) is 3.39. The summed E-state index contributed by atoms with van der Waals surface area (Å²) in [6.07, 6.45) is 5.22. The Morgan fingerprint density at radius 2 is 2.19 bits per heavy atom. The van der Waals surface area contributed by atoms with Crippen molar-refractivity contribution < 1.29 is 9.90 Å². The van der Waals surface area contributed by atoms with Gasteiger partial charge >= 0.3 is 5.97 Å². The molecular weight excluding hydrogens is 226 g/mol. The van der Waals surface area contributed by atoms with Gasteiger partial charge in [-0.25, -0.2) is 4.79 Å². The summed E-state index contributed by atoms with van der Waals surface area (Å²) in [7, 11) is 0. The van der Waals surface area contributed by atoms with E-state index in [2.05, 4.69) is 11.9 Å². The van der Waals surface area contributed by atoms with Crippen LogP contribution in [0.25, 0.3) is 0 Å². The van der Waals surface area contributed by atoms with Crippen LogP contribution in [0.4, 0.5) is 0 Å². The van der Waals surface area contributed by atoms with Gasteiger partial charge in [-0.05, 0) is 25.5 Å². The van der Waals surface area contributed by atoms with Gasteiger partial charge in [-0.3, -0.25) is 4.98 Å². The molecule has 0 bridgehead atoms. The Bertz CT molecular complexity index is 312. The molecule has 1 N–H and O–H groups in total. The van der Waals surface area contributed by atoms with E-state index >= 15 is 0 Å². The Morgan fingerprint density at radius 1 is 1.50 bits per heavy atom. The predicted octanol–water partition coefficient (Wildman–Crippen LogP) is 3.50. The lowest BCUT2D eigenvalue weighted by molar-refractivity contribution is 0.0696. The van der Waals surface area contributed by atoms with Gasteiger partial charge in [-0.15, -0.1) is 11.6 Å². The maximum absolute atomic E-state index is 10.3. The van der Waals surface area contributed by atoms with E-state index in [1.165, 1.54) is 37.6 Å². The Labute approximate surface area is 101 Å². The van der Waals surface area contributed by atoms with Crippen LogP contribution in [0.2, 0.25) is 0 Å². The number of carbonyl (C=O) groups is 1. The molecule has 4 heteroatoms. The van der Waals surface area contributed by atoms with E-state index in [1.807, 2.05) is 0 Å². The summed E-state index contributed by atoms with van der Waals surface area (Å²) in [6, 6.07) is 3.00. The normalized spacial score (nSPS) is 9.19. The van der Waals surface area contributed by atoms with Crippen LogP contribution in [0.1, 0.15) is 42.2 Å². The van der Waals surface area contributed by atoms with Crippen molar-refractivity contribution in [3.8, 4) is 0 Å². The zero-order valence-electron chi connectivity index (χ0n) is 9.74. The lowest BCUT2D eigenvalue weighted by Gasteiger charge is -1.92. The first-order chi connectivity index (χ1) is 7.61. The van der Waals surface area contributed by atoms with Gasteiger partial charge in [0.15, 0.2) is 0 Å². The minimum Gasteiger partial charge on any atom is -0.478 e. The Morgan fingerprint density at radius 3 is 2.50 bits per heavy atom. The van der Waals surface area contributed by atoms with E-state index in [0.717, 1.165) is 11.6 Å². The fourth-order valence-electron chi connectivity index (χ4n) is 1.02. The smallest absolute Gasteiger partial charge is 0.335 e. The Kier molecular flexibility index (Phi) is 8.53. The number of hydrogen-bond donors (Lipinski definition) is 1. The molecule has 0 fully saturated rings. The third kappa shape index (κ3) is 7.23. The number of rotatable bonds is 4. The van der Waals surface area contributed by atoms with Crippen molar-refractivity contribution in [2.75, 3.05) is 5.88 Å². The molecular formula is C12H18ClNO2. The number of hydrogen-bond acceptors (Lipinski definition) is 2. The van der Waals surface area contributed by atoms with E-state index in [-0.39, 0.29) is 5.56 Å². The number of carboxylic acid groups (broad SMARTS) is 1. The number of aromatic nitrogens is 1. The van der Waals surface area contributed by atoms with Crippen LogP contribution in [0.3, 0.4) is 0 Å². The third-order valence-electron chi connectivity index (χ3n) is 1.88. The molecule has 3 nitrogen and oxygen atoms in total. The monoisotopic (exact) mass is 243 g/mol. The van der Waals surface area contributed by atoms with Gasteiger partial charge in [0.25, 0.3) is 0 Å². The third-order valence-corrected chi connectivity index (χ3v) is 2.15. The van der Waals surface area contributed by atoms with E-state index < -0.39 is 5.97 Å². The van der Waals surface area contributed by atoms with Crippen molar-refractivity contribution in [1.82, 2.24) is 4.98 Å². The van der Waals surface area contributed by atoms with Crippen molar-refractivity contribution in [2.45, 2.75) is 33.1 Å². The highest BCUT2D eigenvalue weighted by atomic mass is 35.5. The van der Waals surface area contributed by atoms with Crippen LogP contribution in [0.15, 0.2) is 18.3 Å². The number of unbranched alkanes of at least 4 members (excludes halogenated alkanes) is 2. The highest BCUT2D eigenvalue weighted by Gasteiger charge is 2.00. The van der Waals surface area contributed by atoms with Gasteiger partial charge < -0.3 is 5.11 Å². The summed E-state index contributed by atoms with van der Waals surface area (Å²) < 4.78 is 0. The largest absolute Gasteiger partial charge is 0.478 e.